The van der Waals surface area contributed by atoms with Gasteiger partial charge in [0.25, 0.3) is 0 Å². The lowest BCUT2D eigenvalue weighted by atomic mass is 9.84. The van der Waals surface area contributed by atoms with Gasteiger partial charge in [-0.1, -0.05) is 13.0 Å². The molecule has 3 N–H and O–H groups in total. The number of aliphatic hydroxyl groups is 1. The third-order valence-corrected chi connectivity index (χ3v) is 4.77. The Bertz CT molecular complexity index is 596. The molecule has 1 aliphatic heterocycles. The van der Waals surface area contributed by atoms with Crippen LogP contribution in [0.5, 0.6) is 0 Å². The summed E-state index contributed by atoms with van der Waals surface area (Å²) in [6.07, 6.45) is 1.59. The fraction of sp³-hybridized carbons (Fsp3) is 0.611. The monoisotopic (exact) mass is 483 g/mol. The van der Waals surface area contributed by atoms with Crippen LogP contribution < -0.4 is 10.6 Å². The molecule has 1 heterocycles. The molecule has 2 atom stereocenters. The van der Waals surface area contributed by atoms with E-state index < -0.39 is 11.6 Å². The summed E-state index contributed by atoms with van der Waals surface area (Å²) in [5.74, 6) is -1.04. The molecule has 0 bridgehead atoms. The van der Waals surface area contributed by atoms with Crippen LogP contribution in [0.1, 0.15) is 31.2 Å². The minimum Gasteiger partial charge on any atom is -0.396 e. The number of nitrogens with one attached hydrogen (secondary N) is 2. The Hall–Kier alpha value is -1.00. The van der Waals surface area contributed by atoms with E-state index in [0.29, 0.717) is 38.7 Å². The maximum atomic E-state index is 13.3. The van der Waals surface area contributed by atoms with E-state index in [4.69, 9.17) is 4.74 Å². The summed E-state index contributed by atoms with van der Waals surface area (Å²) >= 11 is 0. The van der Waals surface area contributed by atoms with Crippen LogP contribution in [0.2, 0.25) is 0 Å². The van der Waals surface area contributed by atoms with Gasteiger partial charge in [-0.3, -0.25) is 4.99 Å². The fourth-order valence-corrected chi connectivity index (χ4v) is 2.99. The quantitative estimate of drug-likeness (QED) is 0.317. The summed E-state index contributed by atoms with van der Waals surface area (Å²) in [5.41, 5.74) is 0.653. The second-order valence-corrected chi connectivity index (χ2v) is 6.66. The lowest BCUT2D eigenvalue weighted by Gasteiger charge is -2.28. The molecule has 0 saturated carbocycles. The van der Waals surface area contributed by atoms with E-state index in [1.807, 2.05) is 6.92 Å². The smallest absolute Gasteiger partial charge is 0.191 e. The third kappa shape index (κ3) is 6.31. The van der Waals surface area contributed by atoms with Crippen LogP contribution in [0.3, 0.4) is 0 Å². The van der Waals surface area contributed by atoms with Crippen LogP contribution >= 0.6 is 24.0 Å². The number of halogens is 3. The lowest BCUT2D eigenvalue weighted by Crippen LogP contribution is -2.45. The highest BCUT2D eigenvalue weighted by atomic mass is 127. The number of benzene rings is 1. The van der Waals surface area contributed by atoms with E-state index in [9.17, 15) is 13.9 Å². The van der Waals surface area contributed by atoms with Crippen molar-refractivity contribution in [2.24, 2.45) is 10.4 Å². The Kier molecular flexibility index (Phi) is 9.73. The van der Waals surface area contributed by atoms with Crippen molar-refractivity contribution >= 4 is 29.9 Å². The predicted octanol–water partition coefficient (Wildman–Crippen LogP) is 2.64. The molecule has 148 valence electrons. The number of hydrogen-bond acceptors (Lipinski definition) is 3. The molecule has 2 rings (SSSR count). The lowest BCUT2D eigenvalue weighted by molar-refractivity contribution is 0.127. The Morgan fingerprint density at radius 1 is 1.35 bits per heavy atom. The van der Waals surface area contributed by atoms with Crippen molar-refractivity contribution in [1.82, 2.24) is 10.6 Å². The van der Waals surface area contributed by atoms with E-state index in [1.165, 1.54) is 6.07 Å². The van der Waals surface area contributed by atoms with E-state index >= 15 is 0 Å². The molecule has 0 aromatic heterocycles. The molecule has 1 fully saturated rings. The summed E-state index contributed by atoms with van der Waals surface area (Å²) in [5, 5.41) is 15.8. The first kappa shape index (κ1) is 23.0. The van der Waals surface area contributed by atoms with Crippen molar-refractivity contribution in [2.75, 3.05) is 40.0 Å². The van der Waals surface area contributed by atoms with E-state index in [1.54, 1.807) is 13.1 Å². The second-order valence-electron chi connectivity index (χ2n) is 6.66. The largest absolute Gasteiger partial charge is 0.396 e. The van der Waals surface area contributed by atoms with Crippen LogP contribution in [0.4, 0.5) is 8.78 Å². The van der Waals surface area contributed by atoms with E-state index in [2.05, 4.69) is 15.6 Å². The zero-order valence-corrected chi connectivity index (χ0v) is 17.6. The Balaban J connectivity index is 0.00000338. The van der Waals surface area contributed by atoms with Gasteiger partial charge in [-0.15, -0.1) is 24.0 Å². The van der Waals surface area contributed by atoms with Crippen molar-refractivity contribution < 1.29 is 18.6 Å². The number of rotatable bonds is 7. The second kappa shape index (κ2) is 11.0. The van der Waals surface area contributed by atoms with Crippen LogP contribution in [-0.4, -0.2) is 51.0 Å². The summed E-state index contributed by atoms with van der Waals surface area (Å²) in [6.45, 7) is 4.60. The standard InChI is InChI=1S/C18H27F2N3O2.HI/c1-13(14-3-4-15(19)16(20)9-14)10-22-17(21-2)23-11-18(5-7-24)6-8-25-12-18;/h3-4,9,13,24H,5-8,10-12H2,1-2H3,(H2,21,22,23);1H. The molecule has 1 saturated heterocycles. The molecule has 5 nitrogen and oxygen atoms in total. The van der Waals surface area contributed by atoms with Crippen molar-refractivity contribution in [3.8, 4) is 0 Å². The highest BCUT2D eigenvalue weighted by molar-refractivity contribution is 14.0. The first-order valence-corrected chi connectivity index (χ1v) is 8.58. The molecular weight excluding hydrogens is 455 g/mol. The van der Waals surface area contributed by atoms with Crippen molar-refractivity contribution in [3.05, 3.63) is 35.4 Å². The zero-order valence-electron chi connectivity index (χ0n) is 15.2. The number of aliphatic imine (C=N–C) groups is 1. The summed E-state index contributed by atoms with van der Waals surface area (Å²) in [7, 11) is 1.68. The average molecular weight is 483 g/mol. The third-order valence-electron chi connectivity index (χ3n) is 4.77. The SMILES string of the molecule is CN=C(NCC(C)c1ccc(F)c(F)c1)NCC1(CCO)CCOC1.I. The topological polar surface area (TPSA) is 65.9 Å². The molecule has 0 aliphatic carbocycles. The van der Waals surface area contributed by atoms with Crippen LogP contribution in [0, 0.1) is 17.0 Å². The number of nitrogens with zero attached hydrogens (tertiary/aromatic N) is 1. The van der Waals surface area contributed by atoms with Crippen LogP contribution in [-0.2, 0) is 4.74 Å². The van der Waals surface area contributed by atoms with Gasteiger partial charge in [-0.05, 0) is 36.5 Å². The number of ether oxygens (including phenoxy) is 1. The Labute approximate surface area is 170 Å². The van der Waals surface area contributed by atoms with Gasteiger partial charge in [0.2, 0.25) is 0 Å². The summed E-state index contributed by atoms with van der Waals surface area (Å²) < 4.78 is 31.9. The van der Waals surface area contributed by atoms with Gasteiger partial charge in [0, 0.05) is 38.8 Å². The van der Waals surface area contributed by atoms with Crippen molar-refractivity contribution in [2.45, 2.75) is 25.7 Å². The fourth-order valence-electron chi connectivity index (χ4n) is 2.99. The van der Waals surface area contributed by atoms with Gasteiger partial charge in [-0.25, -0.2) is 8.78 Å². The van der Waals surface area contributed by atoms with Gasteiger partial charge in [-0.2, -0.15) is 0 Å². The molecule has 0 radical (unpaired) electrons. The normalized spacial score (nSPS) is 21.2. The van der Waals surface area contributed by atoms with Crippen LogP contribution in [0.25, 0.3) is 0 Å². The zero-order chi connectivity index (χ0) is 18.3. The van der Waals surface area contributed by atoms with E-state index in [0.717, 1.165) is 18.1 Å². The first-order chi connectivity index (χ1) is 12.0. The highest BCUT2D eigenvalue weighted by Crippen LogP contribution is 2.31. The molecule has 1 aliphatic rings. The summed E-state index contributed by atoms with van der Waals surface area (Å²) in [6, 6.07) is 3.96. The number of guanidine groups is 1. The average Bonchev–Trinajstić information content (AvgIpc) is 3.06. The number of aliphatic hydroxyl groups excluding tert-OH is 1. The van der Waals surface area contributed by atoms with Gasteiger partial charge in [0.1, 0.15) is 0 Å². The van der Waals surface area contributed by atoms with Gasteiger partial charge in [0.15, 0.2) is 17.6 Å². The molecule has 1 aromatic rings. The molecule has 8 heteroatoms. The minimum atomic E-state index is -0.839. The Morgan fingerprint density at radius 2 is 2.12 bits per heavy atom. The van der Waals surface area contributed by atoms with Gasteiger partial charge in [0.05, 0.1) is 6.61 Å². The molecule has 26 heavy (non-hydrogen) atoms. The molecule has 2 unspecified atom stereocenters. The summed E-state index contributed by atoms with van der Waals surface area (Å²) in [4.78, 5) is 4.19. The maximum absolute atomic E-state index is 13.3. The highest BCUT2D eigenvalue weighted by Gasteiger charge is 2.34. The van der Waals surface area contributed by atoms with Crippen molar-refractivity contribution in [3.63, 3.8) is 0 Å². The van der Waals surface area contributed by atoms with Gasteiger partial charge < -0.3 is 20.5 Å². The first-order valence-electron chi connectivity index (χ1n) is 8.58. The predicted molar refractivity (Wildman–Crippen MR) is 109 cm³/mol. The van der Waals surface area contributed by atoms with E-state index in [-0.39, 0.29) is 41.9 Å². The Morgan fingerprint density at radius 3 is 2.69 bits per heavy atom. The van der Waals surface area contributed by atoms with Gasteiger partial charge >= 0.3 is 0 Å². The number of hydrogen-bond donors (Lipinski definition) is 3. The van der Waals surface area contributed by atoms with Crippen molar-refractivity contribution in [1.29, 1.82) is 0 Å². The van der Waals surface area contributed by atoms with Crippen LogP contribution in [0.15, 0.2) is 23.2 Å². The molecule has 1 aromatic carbocycles. The molecule has 0 spiro atoms. The molecular formula is C18H28F2IN3O2. The minimum absolute atomic E-state index is 0. The molecule has 0 amide bonds. The maximum Gasteiger partial charge on any atom is 0.191 e.